The quantitative estimate of drug-likeness (QED) is 0.225. The summed E-state index contributed by atoms with van der Waals surface area (Å²) in [5.41, 5.74) is 3.54. The van der Waals surface area contributed by atoms with Gasteiger partial charge in [-0.1, -0.05) is 59.6 Å². The van der Waals surface area contributed by atoms with E-state index in [4.69, 9.17) is 33.2 Å². The van der Waals surface area contributed by atoms with Crippen LogP contribution in [0.15, 0.2) is 72.8 Å². The van der Waals surface area contributed by atoms with Crippen molar-refractivity contribution >= 4 is 39.9 Å². The minimum atomic E-state index is 0.156. The van der Waals surface area contributed by atoms with Gasteiger partial charge in [-0.05, 0) is 86.3 Å². The maximum atomic E-state index is 6.24. The van der Waals surface area contributed by atoms with Gasteiger partial charge in [-0.15, -0.1) is 0 Å². The lowest BCUT2D eigenvalue weighted by Gasteiger charge is -2.40. The van der Waals surface area contributed by atoms with Gasteiger partial charge in [0.15, 0.2) is 0 Å². The van der Waals surface area contributed by atoms with E-state index in [1.54, 1.807) is 0 Å². The summed E-state index contributed by atoms with van der Waals surface area (Å²) in [6.45, 7) is 9.30. The Hall–Kier alpha value is -2.74. The summed E-state index contributed by atoms with van der Waals surface area (Å²) in [4.78, 5) is 20.6. The fourth-order valence-corrected chi connectivity index (χ4v) is 7.50. The van der Waals surface area contributed by atoms with Crippen molar-refractivity contribution in [1.82, 2.24) is 24.7 Å². The molecule has 3 aliphatic heterocycles. The van der Waals surface area contributed by atoms with Crippen molar-refractivity contribution in [3.05, 3.63) is 99.8 Å². The molecular formula is C35H40Cl2N6. The van der Waals surface area contributed by atoms with Gasteiger partial charge in [-0.3, -0.25) is 9.80 Å². The molecule has 43 heavy (non-hydrogen) atoms. The number of fused-ring (bicyclic) bond motifs is 1. The Labute approximate surface area is 265 Å². The Morgan fingerprint density at radius 1 is 0.674 bits per heavy atom. The van der Waals surface area contributed by atoms with Crippen molar-refractivity contribution in [1.29, 1.82) is 0 Å². The number of benzene rings is 3. The van der Waals surface area contributed by atoms with Crippen LogP contribution < -0.4 is 4.90 Å². The largest absolute Gasteiger partial charge is 0.356 e. The maximum absolute atomic E-state index is 6.24. The number of hydrogen-bond acceptors (Lipinski definition) is 6. The van der Waals surface area contributed by atoms with Crippen LogP contribution in [0.4, 0.5) is 5.82 Å². The first-order valence-corrected chi connectivity index (χ1v) is 16.6. The molecule has 0 atom stereocenters. The maximum Gasteiger partial charge on any atom is 0.145 e. The minimum Gasteiger partial charge on any atom is -0.356 e. The van der Waals surface area contributed by atoms with Gasteiger partial charge in [0.1, 0.15) is 11.6 Å². The third-order valence-corrected chi connectivity index (χ3v) is 10.1. The van der Waals surface area contributed by atoms with E-state index in [0.29, 0.717) is 0 Å². The van der Waals surface area contributed by atoms with Crippen molar-refractivity contribution < 1.29 is 0 Å². The van der Waals surface area contributed by atoms with E-state index in [0.717, 1.165) is 79.1 Å². The van der Waals surface area contributed by atoms with Crippen LogP contribution in [0.25, 0.3) is 10.9 Å². The minimum absolute atomic E-state index is 0.156. The molecule has 0 spiro atoms. The number of aromatic nitrogens is 2. The lowest BCUT2D eigenvalue weighted by molar-refractivity contribution is 0.103. The second-order valence-electron chi connectivity index (χ2n) is 12.3. The number of piperidine rings is 1. The standard InChI is InChI=1S/C35H40Cl2N6/c36-28-11-7-26(8-12-28)34(27-9-13-29(37)14-10-27)42-23-21-40(22-24-42)25-33-38-32-6-2-1-5-31(32)35(39-33)43-19-15-30(16-20-43)41-17-3-4-18-41/h1-2,5-14,30,34H,3-4,15-25H2. The summed E-state index contributed by atoms with van der Waals surface area (Å²) in [5.74, 6) is 2.04. The topological polar surface area (TPSA) is 38.7 Å². The molecule has 0 aliphatic carbocycles. The first kappa shape index (κ1) is 29.0. The molecule has 0 saturated carbocycles. The molecule has 4 heterocycles. The number of anilines is 1. The summed E-state index contributed by atoms with van der Waals surface area (Å²) in [5, 5.41) is 2.69. The molecule has 3 saturated heterocycles. The summed E-state index contributed by atoms with van der Waals surface area (Å²) in [6.07, 6.45) is 5.16. The number of para-hydroxylation sites is 1. The zero-order valence-electron chi connectivity index (χ0n) is 24.7. The van der Waals surface area contributed by atoms with Crippen LogP contribution in [0.5, 0.6) is 0 Å². The first-order chi connectivity index (χ1) is 21.1. The van der Waals surface area contributed by atoms with E-state index in [-0.39, 0.29) is 6.04 Å². The molecule has 0 bridgehead atoms. The molecule has 4 aromatic rings. The van der Waals surface area contributed by atoms with E-state index in [2.05, 4.69) is 68.1 Å². The van der Waals surface area contributed by atoms with Crippen molar-refractivity contribution in [2.45, 2.75) is 44.3 Å². The van der Waals surface area contributed by atoms with Crippen LogP contribution in [0.1, 0.15) is 48.7 Å². The molecule has 1 aromatic heterocycles. The molecule has 0 unspecified atom stereocenters. The third-order valence-electron chi connectivity index (χ3n) is 9.56. The van der Waals surface area contributed by atoms with Crippen molar-refractivity contribution in [3.8, 4) is 0 Å². The molecule has 8 heteroatoms. The summed E-state index contributed by atoms with van der Waals surface area (Å²) in [7, 11) is 0. The van der Waals surface area contributed by atoms with Crippen LogP contribution in [-0.2, 0) is 6.54 Å². The lowest BCUT2D eigenvalue weighted by Crippen LogP contribution is -2.47. The van der Waals surface area contributed by atoms with E-state index in [9.17, 15) is 0 Å². The highest BCUT2D eigenvalue weighted by molar-refractivity contribution is 6.30. The van der Waals surface area contributed by atoms with Crippen molar-refractivity contribution in [2.24, 2.45) is 0 Å². The van der Waals surface area contributed by atoms with Crippen LogP contribution in [0.2, 0.25) is 10.0 Å². The van der Waals surface area contributed by atoms with Crippen LogP contribution in [0.3, 0.4) is 0 Å². The summed E-state index contributed by atoms with van der Waals surface area (Å²) < 4.78 is 0. The molecule has 7 rings (SSSR count). The third kappa shape index (κ3) is 6.54. The van der Waals surface area contributed by atoms with Gasteiger partial charge >= 0.3 is 0 Å². The van der Waals surface area contributed by atoms with Gasteiger partial charge < -0.3 is 9.80 Å². The van der Waals surface area contributed by atoms with E-state index < -0.39 is 0 Å². The lowest BCUT2D eigenvalue weighted by atomic mass is 9.96. The Kier molecular flexibility index (Phi) is 8.83. The zero-order chi connectivity index (χ0) is 29.2. The van der Waals surface area contributed by atoms with Gasteiger partial charge in [0.05, 0.1) is 18.1 Å². The summed E-state index contributed by atoms with van der Waals surface area (Å²) in [6, 6.07) is 25.9. The smallest absolute Gasteiger partial charge is 0.145 e. The SMILES string of the molecule is Clc1ccc(C(c2ccc(Cl)cc2)N2CCN(Cc3nc(N4CCC(N5CCCC5)CC4)c4ccccc4n3)CC2)cc1. The Morgan fingerprint density at radius 3 is 1.91 bits per heavy atom. The molecule has 3 fully saturated rings. The molecule has 0 radical (unpaired) electrons. The first-order valence-electron chi connectivity index (χ1n) is 15.8. The molecular weight excluding hydrogens is 575 g/mol. The number of piperazine rings is 1. The average Bonchev–Trinajstić information content (AvgIpc) is 3.59. The second kappa shape index (κ2) is 13.1. The van der Waals surface area contributed by atoms with Crippen LogP contribution in [0, 0.1) is 0 Å². The fourth-order valence-electron chi connectivity index (χ4n) is 7.25. The highest BCUT2D eigenvalue weighted by Gasteiger charge is 2.29. The highest BCUT2D eigenvalue weighted by Crippen LogP contribution is 2.32. The zero-order valence-corrected chi connectivity index (χ0v) is 26.2. The van der Waals surface area contributed by atoms with Gasteiger partial charge in [0.25, 0.3) is 0 Å². The van der Waals surface area contributed by atoms with Gasteiger partial charge in [0.2, 0.25) is 0 Å². The Morgan fingerprint density at radius 2 is 1.28 bits per heavy atom. The van der Waals surface area contributed by atoms with E-state index >= 15 is 0 Å². The number of nitrogens with zero attached hydrogens (tertiary/aromatic N) is 6. The number of likely N-dealkylation sites (tertiary alicyclic amines) is 1. The van der Waals surface area contributed by atoms with Crippen molar-refractivity contribution in [3.63, 3.8) is 0 Å². The molecule has 224 valence electrons. The fraction of sp³-hybridized carbons (Fsp3) is 0.429. The van der Waals surface area contributed by atoms with Gasteiger partial charge in [-0.2, -0.15) is 0 Å². The molecule has 6 nitrogen and oxygen atoms in total. The van der Waals surface area contributed by atoms with E-state index in [1.165, 1.54) is 55.3 Å². The molecule has 3 aliphatic rings. The number of hydrogen-bond donors (Lipinski definition) is 0. The highest BCUT2D eigenvalue weighted by atomic mass is 35.5. The molecule has 0 N–H and O–H groups in total. The van der Waals surface area contributed by atoms with E-state index in [1.807, 2.05) is 24.3 Å². The molecule has 0 amide bonds. The van der Waals surface area contributed by atoms with Crippen LogP contribution >= 0.6 is 23.2 Å². The Balaban J connectivity index is 1.06. The summed E-state index contributed by atoms with van der Waals surface area (Å²) >= 11 is 12.5. The monoisotopic (exact) mass is 614 g/mol. The Bertz CT molecular complexity index is 1460. The number of rotatable bonds is 7. The van der Waals surface area contributed by atoms with Crippen molar-refractivity contribution in [2.75, 3.05) is 57.3 Å². The normalized spacial score (nSPS) is 19.6. The molecule has 3 aromatic carbocycles. The number of halogens is 2. The second-order valence-corrected chi connectivity index (χ2v) is 13.1. The van der Waals surface area contributed by atoms with Crippen LogP contribution in [-0.4, -0.2) is 83.1 Å². The van der Waals surface area contributed by atoms with Gasteiger partial charge in [0, 0.05) is 60.7 Å². The van der Waals surface area contributed by atoms with Gasteiger partial charge in [-0.25, -0.2) is 9.97 Å². The average molecular weight is 616 g/mol. The predicted molar refractivity (Wildman–Crippen MR) is 177 cm³/mol. The predicted octanol–water partition coefficient (Wildman–Crippen LogP) is 6.91.